The van der Waals surface area contributed by atoms with Crippen LogP contribution in [0.25, 0.3) is 5.57 Å². The number of nitro groups is 1. The van der Waals surface area contributed by atoms with Crippen LogP contribution in [-0.4, -0.2) is 41.5 Å². The summed E-state index contributed by atoms with van der Waals surface area (Å²) in [5.41, 5.74) is 2.19. The summed E-state index contributed by atoms with van der Waals surface area (Å²) in [6, 6.07) is 6.09. The predicted molar refractivity (Wildman–Crippen MR) is 112 cm³/mol. The van der Waals surface area contributed by atoms with E-state index in [-0.39, 0.29) is 30.6 Å². The fourth-order valence-corrected chi connectivity index (χ4v) is 3.36. The molecule has 0 saturated heterocycles. The minimum atomic E-state index is -0.924. The second-order valence-electron chi connectivity index (χ2n) is 7.00. The zero-order chi connectivity index (χ0) is 23.3. The lowest BCUT2D eigenvalue weighted by Gasteiger charge is -2.29. The van der Waals surface area contributed by atoms with Crippen molar-refractivity contribution in [1.82, 2.24) is 15.5 Å². The van der Waals surface area contributed by atoms with Gasteiger partial charge in [0.05, 0.1) is 28.7 Å². The van der Waals surface area contributed by atoms with E-state index < -0.39 is 17.0 Å². The summed E-state index contributed by atoms with van der Waals surface area (Å²) in [6.45, 7) is 5.66. The monoisotopic (exact) mass is 444 g/mol. The number of nitro benzene ring substituents is 1. The van der Waals surface area contributed by atoms with Gasteiger partial charge in [-0.15, -0.1) is 0 Å². The van der Waals surface area contributed by atoms with Crippen molar-refractivity contribution in [3.8, 4) is 0 Å². The Morgan fingerprint density at radius 3 is 2.72 bits per heavy atom. The third kappa shape index (κ3) is 4.94. The average Bonchev–Trinajstić information content (AvgIpc) is 3.24. The van der Waals surface area contributed by atoms with Gasteiger partial charge in [-0.1, -0.05) is 24.2 Å². The second kappa shape index (κ2) is 10.1. The maximum Gasteiger partial charge on any atom is 0.513 e. The van der Waals surface area contributed by atoms with Crippen molar-refractivity contribution in [2.75, 3.05) is 20.3 Å². The fraction of sp³-hybridized carbons (Fsp3) is 0.381. The van der Waals surface area contributed by atoms with Crippen LogP contribution in [0, 0.1) is 10.1 Å². The van der Waals surface area contributed by atoms with E-state index in [9.17, 15) is 14.9 Å². The van der Waals surface area contributed by atoms with Gasteiger partial charge < -0.3 is 24.1 Å². The average molecular weight is 444 g/mol. The first-order chi connectivity index (χ1) is 15.3. The standard InChI is InChI=1S/C21H24N4O7/c1-5-16-23-20(32-24-16)17-12(2)22-13(3)19(31-21(26)30-10-9-29-4)18(17)14-7-6-8-15(11-14)25(27)28/h6-8,11,18,22H,5,9-10H2,1-4H3. The third-order valence-electron chi connectivity index (χ3n) is 4.83. The molecule has 0 saturated carbocycles. The Balaban J connectivity index is 2.08. The number of nitrogens with zero attached hydrogens (tertiary/aromatic N) is 3. The summed E-state index contributed by atoms with van der Waals surface area (Å²) >= 11 is 0. The van der Waals surface area contributed by atoms with Crippen molar-refractivity contribution in [3.63, 3.8) is 0 Å². The van der Waals surface area contributed by atoms with Gasteiger partial charge in [-0.25, -0.2) is 4.79 Å². The summed E-state index contributed by atoms with van der Waals surface area (Å²) < 4.78 is 20.9. The van der Waals surface area contributed by atoms with Crippen LogP contribution in [0.4, 0.5) is 10.5 Å². The number of allylic oxidation sites excluding steroid dienone is 3. The van der Waals surface area contributed by atoms with Crippen molar-refractivity contribution >= 4 is 17.4 Å². The maximum absolute atomic E-state index is 12.3. The maximum atomic E-state index is 12.3. The zero-order valence-corrected chi connectivity index (χ0v) is 18.2. The number of non-ortho nitro benzene ring substituents is 1. The molecule has 1 unspecified atom stereocenters. The minimum Gasteiger partial charge on any atom is -0.432 e. The van der Waals surface area contributed by atoms with Crippen LogP contribution in [-0.2, 0) is 20.6 Å². The van der Waals surface area contributed by atoms with Crippen molar-refractivity contribution < 1.29 is 28.5 Å². The van der Waals surface area contributed by atoms with E-state index in [1.165, 1.54) is 19.2 Å². The summed E-state index contributed by atoms with van der Waals surface area (Å²) in [7, 11) is 1.49. The van der Waals surface area contributed by atoms with Crippen LogP contribution in [0.1, 0.15) is 44.0 Å². The van der Waals surface area contributed by atoms with Gasteiger partial charge in [-0.05, 0) is 19.4 Å². The molecule has 0 spiro atoms. The molecule has 0 aliphatic carbocycles. The molecule has 1 aromatic heterocycles. The number of benzene rings is 1. The molecule has 2 heterocycles. The molecule has 1 aromatic carbocycles. The fourth-order valence-electron chi connectivity index (χ4n) is 3.36. The van der Waals surface area contributed by atoms with Crippen LogP contribution in [0.3, 0.4) is 0 Å². The molecule has 1 aliphatic heterocycles. The summed E-state index contributed by atoms with van der Waals surface area (Å²) in [6.07, 6.45) is -0.360. The summed E-state index contributed by atoms with van der Waals surface area (Å²) in [5, 5.41) is 18.5. The van der Waals surface area contributed by atoms with Gasteiger partial charge in [0.2, 0.25) is 0 Å². The first-order valence-corrected chi connectivity index (χ1v) is 9.95. The molecular weight excluding hydrogens is 420 g/mol. The first kappa shape index (κ1) is 22.9. The molecular formula is C21H24N4O7. The highest BCUT2D eigenvalue weighted by Crippen LogP contribution is 2.44. The number of hydrogen-bond donors (Lipinski definition) is 1. The molecule has 0 bridgehead atoms. The largest absolute Gasteiger partial charge is 0.513 e. The van der Waals surface area contributed by atoms with Crippen molar-refractivity contribution in [1.29, 1.82) is 0 Å². The SMILES string of the molecule is CCc1noc(C2=C(C)NC(C)=C(OC(=O)OCCOC)C2c2cccc([N+](=O)[O-])c2)n1. The van der Waals surface area contributed by atoms with Crippen LogP contribution in [0.5, 0.6) is 0 Å². The van der Waals surface area contributed by atoms with Gasteiger partial charge in [0.1, 0.15) is 12.4 Å². The molecule has 0 radical (unpaired) electrons. The van der Waals surface area contributed by atoms with Crippen LogP contribution in [0.15, 0.2) is 45.9 Å². The van der Waals surface area contributed by atoms with E-state index in [0.29, 0.717) is 34.8 Å². The van der Waals surface area contributed by atoms with Crippen molar-refractivity contribution in [3.05, 3.63) is 68.8 Å². The number of ether oxygens (including phenoxy) is 3. The highest BCUT2D eigenvalue weighted by atomic mass is 16.7. The van der Waals surface area contributed by atoms with Crippen LogP contribution in [0.2, 0.25) is 0 Å². The topological polar surface area (TPSA) is 139 Å². The Morgan fingerprint density at radius 2 is 2.06 bits per heavy atom. The lowest BCUT2D eigenvalue weighted by Crippen LogP contribution is -2.27. The number of aryl methyl sites for hydroxylation is 1. The van der Waals surface area contributed by atoms with E-state index in [1.807, 2.05) is 13.8 Å². The van der Waals surface area contributed by atoms with Gasteiger partial charge in [-0.2, -0.15) is 4.98 Å². The number of carbonyl (C=O) groups is 1. The smallest absolute Gasteiger partial charge is 0.432 e. The lowest BCUT2D eigenvalue weighted by molar-refractivity contribution is -0.384. The second-order valence-corrected chi connectivity index (χ2v) is 7.00. The van der Waals surface area contributed by atoms with Gasteiger partial charge >= 0.3 is 6.16 Å². The van der Waals surface area contributed by atoms with E-state index >= 15 is 0 Å². The molecule has 11 nitrogen and oxygen atoms in total. The molecule has 11 heteroatoms. The molecule has 32 heavy (non-hydrogen) atoms. The van der Waals surface area contributed by atoms with Crippen molar-refractivity contribution in [2.45, 2.75) is 33.1 Å². The number of rotatable bonds is 8. The number of carbonyl (C=O) groups excluding carboxylic acids is 1. The molecule has 0 amide bonds. The van der Waals surface area contributed by atoms with Gasteiger partial charge in [0, 0.05) is 31.4 Å². The van der Waals surface area contributed by atoms with Gasteiger partial charge in [0.25, 0.3) is 11.6 Å². The van der Waals surface area contributed by atoms with E-state index in [0.717, 1.165) is 0 Å². The molecule has 3 rings (SSSR count). The lowest BCUT2D eigenvalue weighted by atomic mass is 9.84. The molecule has 1 N–H and O–H groups in total. The summed E-state index contributed by atoms with van der Waals surface area (Å²) in [5.74, 6) is 0.219. The minimum absolute atomic E-state index is 0.0157. The number of nitrogens with one attached hydrogen (secondary N) is 1. The molecule has 0 fully saturated rings. The molecule has 1 atom stereocenters. The number of hydrogen-bond acceptors (Lipinski definition) is 10. The van der Waals surface area contributed by atoms with E-state index in [4.69, 9.17) is 18.7 Å². The highest BCUT2D eigenvalue weighted by molar-refractivity contribution is 5.76. The summed E-state index contributed by atoms with van der Waals surface area (Å²) in [4.78, 5) is 27.6. The van der Waals surface area contributed by atoms with Gasteiger partial charge in [0.15, 0.2) is 5.82 Å². The predicted octanol–water partition coefficient (Wildman–Crippen LogP) is 3.69. The molecule has 170 valence electrons. The Bertz CT molecular complexity index is 1070. The number of methoxy groups -OCH3 is 1. The van der Waals surface area contributed by atoms with Crippen molar-refractivity contribution in [2.24, 2.45) is 0 Å². The van der Waals surface area contributed by atoms with Crippen LogP contribution < -0.4 is 5.32 Å². The zero-order valence-electron chi connectivity index (χ0n) is 18.2. The van der Waals surface area contributed by atoms with E-state index in [1.54, 1.807) is 19.1 Å². The third-order valence-corrected chi connectivity index (χ3v) is 4.83. The number of aromatic nitrogens is 2. The van der Waals surface area contributed by atoms with Gasteiger partial charge in [-0.3, -0.25) is 10.1 Å². The molecule has 1 aliphatic rings. The Kier molecular flexibility index (Phi) is 7.21. The van der Waals surface area contributed by atoms with Crippen LogP contribution >= 0.6 is 0 Å². The molecule has 2 aromatic rings. The van der Waals surface area contributed by atoms with E-state index in [2.05, 4.69) is 15.5 Å². The Morgan fingerprint density at radius 1 is 1.28 bits per heavy atom. The Hall–Kier alpha value is -3.73. The number of dihydropyridines is 1. The Labute approximate surface area is 184 Å². The highest BCUT2D eigenvalue weighted by Gasteiger charge is 2.36. The normalized spacial score (nSPS) is 16.1. The first-order valence-electron chi connectivity index (χ1n) is 9.95. The quantitative estimate of drug-likeness (QED) is 0.277.